The van der Waals surface area contributed by atoms with E-state index in [2.05, 4.69) is 0 Å². The molecule has 0 N–H and O–H groups in total. The van der Waals surface area contributed by atoms with Crippen molar-refractivity contribution in [2.45, 2.75) is 62.4 Å². The molecule has 0 aromatic heterocycles. The molecule has 164 valence electrons. The van der Waals surface area contributed by atoms with E-state index in [0.29, 0.717) is 31.3 Å². The van der Waals surface area contributed by atoms with E-state index >= 15 is 8.78 Å². The van der Waals surface area contributed by atoms with Crippen molar-refractivity contribution >= 4 is 29.0 Å². The summed E-state index contributed by atoms with van der Waals surface area (Å²) >= 11 is 6.12. The third kappa shape index (κ3) is 4.93. The zero-order chi connectivity index (χ0) is 21.9. The van der Waals surface area contributed by atoms with Gasteiger partial charge in [-0.15, -0.1) is 11.6 Å². The lowest BCUT2D eigenvalue weighted by Crippen LogP contribution is -2.35. The van der Waals surface area contributed by atoms with Gasteiger partial charge in [-0.25, -0.2) is 8.42 Å². The molecule has 1 atom stereocenters. The van der Waals surface area contributed by atoms with Gasteiger partial charge in [-0.2, -0.15) is 8.78 Å². The van der Waals surface area contributed by atoms with E-state index in [4.69, 9.17) is 20.6 Å². The Kier molecular flexibility index (Phi) is 8.07. The van der Waals surface area contributed by atoms with Gasteiger partial charge in [0.15, 0.2) is 0 Å². The minimum absolute atomic E-state index is 0.137. The molecule has 1 unspecified atom stereocenters. The van der Waals surface area contributed by atoms with E-state index in [9.17, 15) is 13.0 Å². The number of sulfone groups is 1. The maximum absolute atomic E-state index is 15.3. The highest BCUT2D eigenvalue weighted by molar-refractivity contribution is 7.95. The number of benzene rings is 1. The summed E-state index contributed by atoms with van der Waals surface area (Å²) in [5, 5.41) is -2.38. The fourth-order valence-electron chi connectivity index (χ4n) is 3.24. The molecule has 1 aliphatic carbocycles. The molecular weight excluding hydrogens is 445 g/mol. The first kappa shape index (κ1) is 24.5. The Hall–Kier alpha value is -0.790. The van der Waals surface area contributed by atoms with Crippen LogP contribution >= 0.6 is 19.2 Å². The van der Waals surface area contributed by atoms with Gasteiger partial charge < -0.3 is 9.05 Å². The Bertz CT molecular complexity index is 882. The summed E-state index contributed by atoms with van der Waals surface area (Å²) in [6.45, 7) is 3.97. The number of hydrogen-bond donors (Lipinski definition) is 0. The van der Waals surface area contributed by atoms with Gasteiger partial charge in [0.25, 0.3) is 0 Å². The molecule has 1 aromatic carbocycles. The van der Waals surface area contributed by atoms with Gasteiger partial charge in [-0.1, -0.05) is 23.3 Å². The first-order valence-electron chi connectivity index (χ1n) is 9.46. The smallest absolute Gasteiger partial charge is 0.305 e. The van der Waals surface area contributed by atoms with Crippen molar-refractivity contribution in [1.82, 2.24) is 0 Å². The third-order valence-corrected chi connectivity index (χ3v) is 9.63. The highest BCUT2D eigenvalue weighted by Crippen LogP contribution is 2.65. The number of aryl methyl sites for hydroxylation is 1. The normalized spacial score (nSPS) is 16.8. The first-order valence-corrected chi connectivity index (χ1v) is 12.9. The van der Waals surface area contributed by atoms with Gasteiger partial charge in [-0.3, -0.25) is 4.57 Å². The van der Waals surface area contributed by atoms with Gasteiger partial charge in [0.05, 0.1) is 23.0 Å². The Morgan fingerprint density at radius 1 is 1.14 bits per heavy atom. The van der Waals surface area contributed by atoms with Crippen molar-refractivity contribution < 1.29 is 30.8 Å². The van der Waals surface area contributed by atoms with Crippen molar-refractivity contribution in [1.29, 1.82) is 0 Å². The minimum Gasteiger partial charge on any atom is -0.305 e. The van der Waals surface area contributed by atoms with Crippen molar-refractivity contribution in [2.24, 2.45) is 0 Å². The molecule has 1 saturated carbocycles. The summed E-state index contributed by atoms with van der Waals surface area (Å²) in [5.41, 5.74) is -3.07. The molecule has 0 aliphatic heterocycles. The van der Waals surface area contributed by atoms with Crippen molar-refractivity contribution in [3.05, 3.63) is 40.3 Å². The van der Waals surface area contributed by atoms with Crippen LogP contribution in [0, 0.1) is 6.92 Å². The largest absolute Gasteiger partial charge is 0.401 e. The number of allylic oxidation sites excluding steroid dienone is 2. The van der Waals surface area contributed by atoms with E-state index in [1.807, 2.05) is 0 Å². The monoisotopic (exact) mass is 470 g/mol. The van der Waals surface area contributed by atoms with Crippen LogP contribution in [0.4, 0.5) is 8.78 Å². The second-order valence-electron chi connectivity index (χ2n) is 6.77. The molecule has 0 bridgehead atoms. The second-order valence-corrected chi connectivity index (χ2v) is 11.2. The van der Waals surface area contributed by atoms with E-state index in [1.165, 1.54) is 26.0 Å². The standard InChI is InChI=1S/C19H26ClF2O5PS/c1-4-26-28(23,27-5-2)19(21,22)18(20)17(15-8-6-7-9-15)29(24,25)16-12-10-14(3)11-13-16/h10-13,18H,4-9H2,1-3H3. The van der Waals surface area contributed by atoms with Crippen LogP contribution in [-0.4, -0.2) is 32.7 Å². The van der Waals surface area contributed by atoms with Crippen LogP contribution in [0.15, 0.2) is 39.6 Å². The molecule has 10 heteroatoms. The first-order chi connectivity index (χ1) is 13.5. The van der Waals surface area contributed by atoms with Gasteiger partial charge in [-0.05, 0) is 58.6 Å². The molecule has 2 rings (SSSR count). The molecule has 1 fully saturated rings. The summed E-state index contributed by atoms with van der Waals surface area (Å²) in [6, 6.07) is 5.87. The Labute approximate surface area is 175 Å². The highest BCUT2D eigenvalue weighted by Gasteiger charge is 2.61. The molecule has 1 aliphatic rings. The van der Waals surface area contributed by atoms with E-state index < -0.39 is 33.4 Å². The zero-order valence-electron chi connectivity index (χ0n) is 16.7. The lowest BCUT2D eigenvalue weighted by Gasteiger charge is -2.30. The quantitative estimate of drug-likeness (QED) is 0.324. The summed E-state index contributed by atoms with van der Waals surface area (Å²) in [7, 11) is -9.34. The van der Waals surface area contributed by atoms with E-state index in [0.717, 1.165) is 5.56 Å². The SMILES string of the molecule is CCOP(=O)(OCC)C(F)(F)C(Cl)C(=C1CCCC1)S(=O)(=O)c1ccc(C)cc1. The van der Waals surface area contributed by atoms with Crippen LogP contribution in [0.25, 0.3) is 0 Å². The Morgan fingerprint density at radius 2 is 1.62 bits per heavy atom. The number of halogens is 3. The average Bonchev–Trinajstić information content (AvgIpc) is 3.16. The predicted octanol–water partition coefficient (Wildman–Crippen LogP) is 6.06. The average molecular weight is 471 g/mol. The fraction of sp³-hybridized carbons (Fsp3) is 0.579. The summed E-state index contributed by atoms with van der Waals surface area (Å²) in [4.78, 5) is -0.730. The Balaban J connectivity index is 2.63. The van der Waals surface area contributed by atoms with Gasteiger partial charge in [0.1, 0.15) is 5.38 Å². The minimum atomic E-state index is -5.01. The second kappa shape index (κ2) is 9.56. The number of hydrogen-bond acceptors (Lipinski definition) is 5. The lowest BCUT2D eigenvalue weighted by atomic mass is 10.2. The van der Waals surface area contributed by atoms with E-state index in [1.54, 1.807) is 19.1 Å². The molecule has 0 spiro atoms. The molecular formula is C19H26ClF2O5PS. The number of alkyl halides is 3. The topological polar surface area (TPSA) is 69.7 Å². The molecule has 29 heavy (non-hydrogen) atoms. The maximum Gasteiger partial charge on any atom is 0.401 e. The van der Waals surface area contributed by atoms with Crippen molar-refractivity contribution in [3.8, 4) is 0 Å². The van der Waals surface area contributed by atoms with Crippen LogP contribution in [-0.2, 0) is 23.4 Å². The Morgan fingerprint density at radius 3 is 2.07 bits per heavy atom. The zero-order valence-corrected chi connectivity index (χ0v) is 19.1. The van der Waals surface area contributed by atoms with Crippen LogP contribution in [0.5, 0.6) is 0 Å². The molecule has 0 saturated heterocycles. The maximum atomic E-state index is 15.3. The summed E-state index contributed by atoms with van der Waals surface area (Å²) in [6.07, 6.45) is 2.03. The van der Waals surface area contributed by atoms with E-state index in [-0.39, 0.29) is 18.1 Å². The summed E-state index contributed by atoms with van der Waals surface area (Å²) < 4.78 is 79.6. The van der Waals surface area contributed by atoms with Crippen LogP contribution in [0.1, 0.15) is 45.1 Å². The summed E-state index contributed by atoms with van der Waals surface area (Å²) in [5.74, 6) is 0. The van der Waals surface area contributed by atoms with Crippen LogP contribution in [0.3, 0.4) is 0 Å². The molecule has 5 nitrogen and oxygen atoms in total. The highest BCUT2D eigenvalue weighted by atomic mass is 35.5. The lowest BCUT2D eigenvalue weighted by molar-refractivity contribution is 0.0433. The van der Waals surface area contributed by atoms with Crippen molar-refractivity contribution in [3.63, 3.8) is 0 Å². The van der Waals surface area contributed by atoms with Gasteiger partial charge >= 0.3 is 13.3 Å². The fourth-order valence-corrected chi connectivity index (χ4v) is 7.45. The van der Waals surface area contributed by atoms with Gasteiger partial charge in [0.2, 0.25) is 9.84 Å². The van der Waals surface area contributed by atoms with Crippen molar-refractivity contribution in [2.75, 3.05) is 13.2 Å². The third-order valence-electron chi connectivity index (χ3n) is 4.67. The molecule has 0 heterocycles. The molecule has 1 aromatic rings. The van der Waals surface area contributed by atoms with Crippen LogP contribution in [0.2, 0.25) is 0 Å². The predicted molar refractivity (Wildman–Crippen MR) is 109 cm³/mol. The molecule has 0 radical (unpaired) electrons. The van der Waals surface area contributed by atoms with Gasteiger partial charge in [0, 0.05) is 0 Å². The number of rotatable bonds is 9. The van der Waals surface area contributed by atoms with Crippen LogP contribution < -0.4 is 0 Å². The molecule has 0 amide bonds.